The molecule has 2 aromatic carbocycles. The summed E-state index contributed by atoms with van der Waals surface area (Å²) in [6, 6.07) is 13.0. The Morgan fingerprint density at radius 1 is 1.03 bits per heavy atom. The van der Waals surface area contributed by atoms with E-state index in [0.29, 0.717) is 18.1 Å². The van der Waals surface area contributed by atoms with Gasteiger partial charge in [0, 0.05) is 13.1 Å². The van der Waals surface area contributed by atoms with Crippen LogP contribution in [0.25, 0.3) is 10.8 Å². The van der Waals surface area contributed by atoms with E-state index in [-0.39, 0.29) is 5.92 Å². The highest BCUT2D eigenvalue weighted by atomic mass is 16.5. The Morgan fingerprint density at radius 3 is 2.40 bits per heavy atom. The van der Waals surface area contributed by atoms with Crippen molar-refractivity contribution in [1.29, 1.82) is 0 Å². The fraction of sp³-hybridized carbons (Fsp3) is 0.577. The van der Waals surface area contributed by atoms with E-state index in [0.717, 1.165) is 44.0 Å². The summed E-state index contributed by atoms with van der Waals surface area (Å²) in [5.41, 5.74) is 1.64. The molecule has 2 aromatic rings. The number of carboxylic acid groups (broad SMARTS) is 1. The minimum Gasteiger partial charge on any atom is -0.490 e. The van der Waals surface area contributed by atoms with Crippen molar-refractivity contribution in [2.24, 2.45) is 17.3 Å². The van der Waals surface area contributed by atoms with Crippen molar-refractivity contribution in [3.05, 3.63) is 42.0 Å². The minimum atomic E-state index is -0.671. The maximum atomic E-state index is 11.2. The van der Waals surface area contributed by atoms with Gasteiger partial charge in [-0.1, -0.05) is 39.0 Å². The standard InChI is InChI=1S/C26H35NO3/c1-26(2,3)22-7-10-23(11-8-22)30-24-9-6-19-14-18(4-5-20(19)15-24)16-27-13-12-21(17-27)25(28)29/h4-6,9,14-15,21-23H,7-8,10-13,16-17H2,1-3H3,(H,28,29)/t21?,22-,23-. The monoisotopic (exact) mass is 409 g/mol. The van der Waals surface area contributed by atoms with Crippen LogP contribution in [0.3, 0.4) is 0 Å². The molecule has 1 aliphatic heterocycles. The van der Waals surface area contributed by atoms with E-state index in [1.807, 2.05) is 0 Å². The van der Waals surface area contributed by atoms with Crippen molar-refractivity contribution in [2.75, 3.05) is 13.1 Å². The topological polar surface area (TPSA) is 49.8 Å². The molecule has 2 aliphatic rings. The van der Waals surface area contributed by atoms with Crippen LogP contribution < -0.4 is 4.74 Å². The van der Waals surface area contributed by atoms with Crippen LogP contribution in [0.4, 0.5) is 0 Å². The van der Waals surface area contributed by atoms with E-state index in [4.69, 9.17) is 4.74 Å². The number of carbonyl (C=O) groups is 1. The number of aliphatic carboxylic acids is 1. The highest BCUT2D eigenvalue weighted by Gasteiger charge is 2.30. The average molecular weight is 410 g/mol. The van der Waals surface area contributed by atoms with E-state index in [1.165, 1.54) is 29.2 Å². The summed E-state index contributed by atoms with van der Waals surface area (Å²) in [5, 5.41) is 11.6. The van der Waals surface area contributed by atoms with Crippen molar-refractivity contribution in [1.82, 2.24) is 4.90 Å². The fourth-order valence-electron chi connectivity index (χ4n) is 5.12. The Hall–Kier alpha value is -2.07. The number of nitrogens with zero attached hydrogens (tertiary/aromatic N) is 1. The predicted molar refractivity (Wildman–Crippen MR) is 121 cm³/mol. The van der Waals surface area contributed by atoms with Crippen LogP contribution in [-0.2, 0) is 11.3 Å². The smallest absolute Gasteiger partial charge is 0.307 e. The van der Waals surface area contributed by atoms with Gasteiger partial charge in [-0.25, -0.2) is 0 Å². The Bertz CT molecular complexity index is 893. The van der Waals surface area contributed by atoms with Crippen molar-refractivity contribution in [2.45, 2.75) is 65.5 Å². The maximum Gasteiger partial charge on any atom is 0.307 e. The zero-order valence-electron chi connectivity index (χ0n) is 18.6. The van der Waals surface area contributed by atoms with Gasteiger partial charge in [-0.15, -0.1) is 0 Å². The summed E-state index contributed by atoms with van der Waals surface area (Å²) < 4.78 is 6.33. The van der Waals surface area contributed by atoms with E-state index in [2.05, 4.69) is 62.1 Å². The molecule has 2 fully saturated rings. The number of likely N-dealkylation sites (tertiary alicyclic amines) is 1. The van der Waals surface area contributed by atoms with E-state index in [9.17, 15) is 9.90 Å². The van der Waals surface area contributed by atoms with Crippen LogP contribution in [0.1, 0.15) is 58.4 Å². The Balaban J connectivity index is 1.36. The second-order valence-electron chi connectivity index (χ2n) is 10.4. The molecule has 4 nitrogen and oxygen atoms in total. The zero-order chi connectivity index (χ0) is 21.3. The van der Waals surface area contributed by atoms with Crippen LogP contribution in [0, 0.1) is 17.3 Å². The van der Waals surface area contributed by atoms with Gasteiger partial charge in [0.05, 0.1) is 12.0 Å². The molecule has 0 aromatic heterocycles. The molecule has 162 valence electrons. The molecule has 0 spiro atoms. The van der Waals surface area contributed by atoms with Gasteiger partial charge < -0.3 is 9.84 Å². The quantitative estimate of drug-likeness (QED) is 0.685. The van der Waals surface area contributed by atoms with E-state index < -0.39 is 5.97 Å². The average Bonchev–Trinajstić information content (AvgIpc) is 3.17. The van der Waals surface area contributed by atoms with Crippen LogP contribution >= 0.6 is 0 Å². The van der Waals surface area contributed by atoms with Crippen molar-refractivity contribution >= 4 is 16.7 Å². The molecule has 30 heavy (non-hydrogen) atoms. The maximum absolute atomic E-state index is 11.2. The van der Waals surface area contributed by atoms with Gasteiger partial charge >= 0.3 is 5.97 Å². The largest absolute Gasteiger partial charge is 0.490 e. The molecule has 1 N–H and O–H groups in total. The van der Waals surface area contributed by atoms with Gasteiger partial charge in [-0.05, 0) is 84.5 Å². The summed E-state index contributed by atoms with van der Waals surface area (Å²) in [5.74, 6) is 0.881. The Labute approximate surface area is 180 Å². The normalized spacial score (nSPS) is 25.5. The molecule has 0 amide bonds. The minimum absolute atomic E-state index is 0.219. The number of carboxylic acids is 1. The lowest BCUT2D eigenvalue weighted by Crippen LogP contribution is -2.30. The third kappa shape index (κ3) is 4.97. The highest BCUT2D eigenvalue weighted by molar-refractivity contribution is 5.84. The molecule has 0 radical (unpaired) electrons. The van der Waals surface area contributed by atoms with Crippen LogP contribution in [0.2, 0.25) is 0 Å². The molecular weight excluding hydrogens is 374 g/mol. The fourth-order valence-corrected chi connectivity index (χ4v) is 5.12. The number of fused-ring (bicyclic) bond motifs is 1. The van der Waals surface area contributed by atoms with Crippen LogP contribution in [-0.4, -0.2) is 35.2 Å². The number of ether oxygens (including phenoxy) is 1. The molecule has 4 rings (SSSR count). The lowest BCUT2D eigenvalue weighted by atomic mass is 9.72. The Morgan fingerprint density at radius 2 is 1.73 bits per heavy atom. The SMILES string of the molecule is CC(C)(C)[C@H]1CC[C@H](Oc2ccc3cc(CN4CCC(C(=O)O)C4)ccc3c2)CC1. The number of hydrogen-bond donors (Lipinski definition) is 1. The molecular formula is C26H35NO3. The molecule has 1 unspecified atom stereocenters. The van der Waals surface area contributed by atoms with Gasteiger partial charge in [-0.3, -0.25) is 9.69 Å². The van der Waals surface area contributed by atoms with Gasteiger partial charge in [0.25, 0.3) is 0 Å². The second-order valence-corrected chi connectivity index (χ2v) is 10.4. The number of rotatable bonds is 5. The summed E-state index contributed by atoms with van der Waals surface area (Å²) >= 11 is 0. The first-order valence-corrected chi connectivity index (χ1v) is 11.4. The summed E-state index contributed by atoms with van der Waals surface area (Å²) in [7, 11) is 0. The summed E-state index contributed by atoms with van der Waals surface area (Å²) in [6.45, 7) is 9.38. The van der Waals surface area contributed by atoms with Crippen LogP contribution in [0.15, 0.2) is 36.4 Å². The summed E-state index contributed by atoms with van der Waals surface area (Å²) in [4.78, 5) is 13.4. The van der Waals surface area contributed by atoms with Gasteiger partial charge in [0.15, 0.2) is 0 Å². The van der Waals surface area contributed by atoms with Crippen LogP contribution in [0.5, 0.6) is 5.75 Å². The third-order valence-corrected chi connectivity index (χ3v) is 7.11. The summed E-state index contributed by atoms with van der Waals surface area (Å²) in [6.07, 6.45) is 5.88. The van der Waals surface area contributed by atoms with Crippen molar-refractivity contribution in [3.63, 3.8) is 0 Å². The lowest BCUT2D eigenvalue weighted by Gasteiger charge is -2.37. The molecule has 1 saturated carbocycles. The molecule has 0 bridgehead atoms. The molecule has 1 saturated heterocycles. The number of hydrogen-bond acceptors (Lipinski definition) is 3. The molecule has 1 heterocycles. The first-order valence-electron chi connectivity index (χ1n) is 11.4. The van der Waals surface area contributed by atoms with E-state index >= 15 is 0 Å². The second kappa shape index (κ2) is 8.58. The molecule has 4 heteroatoms. The third-order valence-electron chi connectivity index (χ3n) is 7.11. The number of benzene rings is 2. The Kier molecular flexibility index (Phi) is 6.06. The predicted octanol–water partition coefficient (Wildman–Crippen LogP) is 5.73. The first-order chi connectivity index (χ1) is 14.3. The molecule has 1 atom stereocenters. The first kappa shape index (κ1) is 21.2. The van der Waals surface area contributed by atoms with Gasteiger partial charge in [-0.2, -0.15) is 0 Å². The van der Waals surface area contributed by atoms with Crippen molar-refractivity contribution in [3.8, 4) is 5.75 Å². The lowest BCUT2D eigenvalue weighted by molar-refractivity contribution is -0.141. The van der Waals surface area contributed by atoms with Crippen molar-refractivity contribution < 1.29 is 14.6 Å². The zero-order valence-corrected chi connectivity index (χ0v) is 18.6. The van der Waals surface area contributed by atoms with Gasteiger partial charge in [0.1, 0.15) is 5.75 Å². The van der Waals surface area contributed by atoms with E-state index in [1.54, 1.807) is 0 Å². The van der Waals surface area contributed by atoms with Gasteiger partial charge in [0.2, 0.25) is 0 Å². The highest BCUT2D eigenvalue weighted by Crippen LogP contribution is 2.39. The molecule has 1 aliphatic carbocycles.